The normalized spacial score (nSPS) is 14.7. The molecule has 1 saturated heterocycles. The van der Waals surface area contributed by atoms with Gasteiger partial charge in [0.25, 0.3) is 0 Å². The monoisotopic (exact) mass is 1040 g/mol. The van der Waals surface area contributed by atoms with Crippen molar-refractivity contribution in [3.63, 3.8) is 0 Å². The molecule has 0 radical (unpaired) electrons. The van der Waals surface area contributed by atoms with Gasteiger partial charge in [-0.05, 0) is 35.8 Å². The first kappa shape index (κ1) is 57.8. The van der Waals surface area contributed by atoms with E-state index >= 15 is 0 Å². The Hall–Kier alpha value is -5.05. The molecule has 2 atom stereocenters. The highest BCUT2D eigenvalue weighted by molar-refractivity contribution is 6.27. The van der Waals surface area contributed by atoms with Crippen LogP contribution in [0.3, 0.4) is 0 Å². The number of halogens is 3. The Balaban J connectivity index is 0.000000265. The van der Waals surface area contributed by atoms with Gasteiger partial charge in [0.1, 0.15) is 23.4 Å². The lowest BCUT2D eigenvalue weighted by Crippen LogP contribution is -2.49. The Morgan fingerprint density at radius 2 is 1.00 bits per heavy atom. The molecule has 4 aromatic carbocycles. The van der Waals surface area contributed by atoms with E-state index < -0.39 is 23.2 Å². The van der Waals surface area contributed by atoms with Crippen molar-refractivity contribution in [3.8, 4) is 22.5 Å². The molecule has 388 valence electrons. The maximum absolute atomic E-state index is 13.4. The number of imidazole rings is 2. The maximum atomic E-state index is 13.4. The van der Waals surface area contributed by atoms with Gasteiger partial charge in [-0.15, -0.1) is 35.6 Å². The zero-order valence-corrected chi connectivity index (χ0v) is 45.3. The van der Waals surface area contributed by atoms with Crippen LogP contribution in [0.1, 0.15) is 90.2 Å². The van der Waals surface area contributed by atoms with E-state index in [1.54, 1.807) is 4.90 Å². The van der Waals surface area contributed by atoms with Crippen LogP contribution in [-0.2, 0) is 32.2 Å². The Morgan fingerprint density at radius 3 is 1.36 bits per heavy atom. The molecule has 0 bridgehead atoms. The van der Waals surface area contributed by atoms with Crippen molar-refractivity contribution < 1.29 is 29.3 Å². The van der Waals surface area contributed by atoms with E-state index in [4.69, 9.17) is 42.6 Å². The van der Waals surface area contributed by atoms with Crippen molar-refractivity contribution in [2.45, 2.75) is 86.4 Å². The zero-order chi connectivity index (χ0) is 51.3. The van der Waals surface area contributed by atoms with Crippen LogP contribution in [0, 0.1) is 22.7 Å². The van der Waals surface area contributed by atoms with Crippen LogP contribution in [0.2, 0.25) is 0 Å². The molecule has 3 heterocycles. The number of amides is 2. The number of aromatic nitrogens is 4. The number of benzene rings is 4. The van der Waals surface area contributed by atoms with Gasteiger partial charge in [0.05, 0.1) is 36.7 Å². The molecule has 2 aromatic heterocycles. The molecule has 2 N–H and O–H groups in total. The number of alkyl halides is 2. The average Bonchev–Trinajstić information content (AvgIpc) is 3.96. The van der Waals surface area contributed by atoms with Crippen molar-refractivity contribution in [3.05, 3.63) is 156 Å². The minimum Gasteiger partial charge on any atom is -0.396 e. The number of hydrogen-bond donors (Lipinski definition) is 2. The molecule has 2 amide bonds. The largest absolute Gasteiger partial charge is 0.396 e. The number of aliphatic hydroxyl groups excluding tert-OH is 2. The number of aliphatic hydroxyl groups is 2. The summed E-state index contributed by atoms with van der Waals surface area (Å²) < 4.78 is 16.1. The van der Waals surface area contributed by atoms with Gasteiger partial charge in [-0.1, -0.05) is 163 Å². The summed E-state index contributed by atoms with van der Waals surface area (Å²) in [6.07, 6.45) is 4.12. The molecule has 6 aromatic rings. The minimum atomic E-state index is -0.613. The Labute approximate surface area is 442 Å². The van der Waals surface area contributed by atoms with E-state index in [2.05, 4.69) is 93.3 Å². The van der Waals surface area contributed by atoms with Crippen LogP contribution in [0.5, 0.6) is 0 Å². The average molecular weight is 1040 g/mol. The molecule has 7 rings (SSSR count). The lowest BCUT2D eigenvalue weighted by Gasteiger charge is -2.43. The van der Waals surface area contributed by atoms with E-state index in [0.717, 1.165) is 39.7 Å². The molecule has 72 heavy (non-hydrogen) atoms. The number of rotatable bonds is 18. The van der Waals surface area contributed by atoms with Crippen molar-refractivity contribution in [1.82, 2.24) is 28.9 Å². The smallest absolute Gasteiger partial charge is 0.238 e. The topological polar surface area (TPSA) is 135 Å². The number of ether oxygens (including phenoxy) is 2. The molecule has 1 fully saturated rings. The van der Waals surface area contributed by atoms with Crippen LogP contribution in [0.25, 0.3) is 22.5 Å². The van der Waals surface area contributed by atoms with Crippen molar-refractivity contribution in [1.29, 1.82) is 0 Å². The standard InChI is InChI=1S/C30H38ClN3O3.C27H34ClN3O3.ClH/c1-29(2,3)27(34(26(35)16-31)18-23-20-36-30(4,5)37-21-23)28-32-25(24-14-10-7-11-15-24)19-33(28)17-22-12-8-6-9-13-22;1-27(2,3)25(31(24(34)14-28)16-21(18-32)19-33)26-29-23(22-12-8-5-9-13-22)17-30(26)15-20-10-6-4-7-11-20;/h6-15,19,23,27H,16-18,20-21H2,1-5H3;4-13,17,21,25,32-33H,14-16,18-19H2,1-3H3;1H/t27-;25-;/m00./s1. The van der Waals surface area contributed by atoms with Gasteiger partial charge in [0, 0.05) is 74.7 Å². The summed E-state index contributed by atoms with van der Waals surface area (Å²) in [6, 6.07) is 39.8. The highest BCUT2D eigenvalue weighted by atomic mass is 35.5. The Kier molecular flexibility index (Phi) is 21.1. The molecule has 0 saturated carbocycles. The van der Waals surface area contributed by atoms with Gasteiger partial charge in [-0.25, -0.2) is 9.97 Å². The van der Waals surface area contributed by atoms with Crippen LogP contribution in [0.4, 0.5) is 0 Å². The number of hydrogen-bond acceptors (Lipinski definition) is 8. The van der Waals surface area contributed by atoms with Crippen LogP contribution in [0.15, 0.2) is 134 Å². The van der Waals surface area contributed by atoms with Crippen molar-refractivity contribution in [2.75, 3.05) is 51.3 Å². The Morgan fingerprint density at radius 1 is 0.639 bits per heavy atom. The number of carbonyl (C=O) groups excluding carboxylic acids is 2. The summed E-state index contributed by atoms with van der Waals surface area (Å²) in [5.41, 5.74) is 5.30. The van der Waals surface area contributed by atoms with E-state index in [1.165, 1.54) is 5.56 Å². The van der Waals surface area contributed by atoms with Gasteiger partial charge >= 0.3 is 0 Å². The molecule has 0 aliphatic carbocycles. The van der Waals surface area contributed by atoms with Gasteiger partial charge in [0.2, 0.25) is 11.8 Å². The fraction of sp³-hybridized carbons (Fsp3) is 0.439. The SMILES string of the molecule is CC(C)(C)[C@H](c1nc(-c2ccccc2)cn1Cc1ccccc1)N(CC(CO)CO)C(=O)CCl.CC1(C)OCC(CN(C(=O)CCl)[C@@H](c2nc(-c3ccccc3)cn2Cc2ccccc2)C(C)(C)C)CO1.Cl. The van der Waals surface area contributed by atoms with E-state index in [1.807, 2.05) is 110 Å². The fourth-order valence-corrected chi connectivity index (χ4v) is 9.32. The van der Waals surface area contributed by atoms with Gasteiger partial charge in [-0.2, -0.15) is 0 Å². The first-order valence-electron chi connectivity index (χ1n) is 24.4. The summed E-state index contributed by atoms with van der Waals surface area (Å²) in [6.45, 7) is 18.9. The minimum absolute atomic E-state index is 0. The van der Waals surface area contributed by atoms with Crippen molar-refractivity contribution in [2.24, 2.45) is 22.7 Å². The second-order valence-electron chi connectivity index (χ2n) is 20.9. The predicted molar refractivity (Wildman–Crippen MR) is 290 cm³/mol. The van der Waals surface area contributed by atoms with Gasteiger partial charge in [-0.3, -0.25) is 9.59 Å². The zero-order valence-electron chi connectivity index (χ0n) is 43.0. The fourth-order valence-electron chi connectivity index (χ4n) is 9.01. The highest BCUT2D eigenvalue weighted by Crippen LogP contribution is 2.42. The maximum Gasteiger partial charge on any atom is 0.238 e. The molecule has 12 nitrogen and oxygen atoms in total. The summed E-state index contributed by atoms with van der Waals surface area (Å²) in [7, 11) is 0. The highest BCUT2D eigenvalue weighted by Gasteiger charge is 2.41. The van der Waals surface area contributed by atoms with Gasteiger partial charge < -0.3 is 38.6 Å². The quantitative estimate of drug-likeness (QED) is 0.0813. The lowest BCUT2D eigenvalue weighted by molar-refractivity contribution is -0.263. The van der Waals surface area contributed by atoms with E-state index in [9.17, 15) is 19.8 Å². The molecular weight excluding hydrogens is 971 g/mol. The summed E-state index contributed by atoms with van der Waals surface area (Å²) in [5, 5.41) is 19.5. The molecule has 0 spiro atoms. The third-order valence-electron chi connectivity index (χ3n) is 12.5. The van der Waals surface area contributed by atoms with Crippen LogP contribution in [-0.4, -0.2) is 108 Å². The predicted octanol–water partition coefficient (Wildman–Crippen LogP) is 10.9. The Bertz CT molecular complexity index is 2570. The van der Waals surface area contributed by atoms with Crippen LogP contribution >= 0.6 is 35.6 Å². The summed E-state index contributed by atoms with van der Waals surface area (Å²) in [4.78, 5) is 40.2. The molecule has 15 heteroatoms. The second-order valence-corrected chi connectivity index (χ2v) is 21.5. The van der Waals surface area contributed by atoms with Crippen LogP contribution < -0.4 is 0 Å². The summed E-state index contributed by atoms with van der Waals surface area (Å²) in [5.74, 6) is -0.142. The lowest BCUT2D eigenvalue weighted by atomic mass is 9.84. The third kappa shape index (κ3) is 15.5. The second kappa shape index (κ2) is 26.2. The van der Waals surface area contributed by atoms with Gasteiger partial charge in [0.15, 0.2) is 5.79 Å². The first-order chi connectivity index (χ1) is 33.8. The summed E-state index contributed by atoms with van der Waals surface area (Å²) >= 11 is 12.2. The third-order valence-corrected chi connectivity index (χ3v) is 13.0. The molecule has 1 aliphatic rings. The number of carbonyl (C=O) groups is 2. The molecule has 0 unspecified atom stereocenters. The number of nitrogens with zero attached hydrogens (tertiary/aromatic N) is 6. The van der Waals surface area contributed by atoms with Crippen molar-refractivity contribution >= 4 is 47.4 Å². The first-order valence-corrected chi connectivity index (χ1v) is 25.5. The molecule has 1 aliphatic heterocycles. The van der Waals surface area contributed by atoms with E-state index in [-0.39, 0.29) is 73.1 Å². The van der Waals surface area contributed by atoms with E-state index in [0.29, 0.717) is 32.8 Å². The molecular formula is C57H73Cl3N6O6.